The fraction of sp³-hybridized carbons (Fsp3) is 0.207. The lowest BCUT2D eigenvalue weighted by Crippen LogP contribution is -2.16. The molecule has 1 unspecified atom stereocenters. The lowest BCUT2D eigenvalue weighted by Gasteiger charge is -2.16. The third-order valence-electron chi connectivity index (χ3n) is 5.80. The Bertz CT molecular complexity index is 1380. The summed E-state index contributed by atoms with van der Waals surface area (Å²) >= 11 is 7.55. The molecule has 0 aliphatic rings. The molecule has 4 aromatic rings. The first kappa shape index (κ1) is 26.4. The molecule has 1 amide bonds. The zero-order chi connectivity index (χ0) is 26.4. The highest BCUT2D eigenvalue weighted by atomic mass is 35.5. The van der Waals surface area contributed by atoms with Crippen LogP contribution in [0.2, 0.25) is 5.02 Å². The minimum atomic E-state index is -0.573. The molecule has 4 rings (SSSR count). The quantitative estimate of drug-likeness (QED) is 0.233. The number of ether oxygens (including phenoxy) is 2. The van der Waals surface area contributed by atoms with E-state index in [0.717, 1.165) is 32.7 Å². The molecule has 0 saturated carbocycles. The smallest absolute Gasteiger partial charge is 0.412 e. The van der Waals surface area contributed by atoms with Crippen molar-refractivity contribution in [1.29, 1.82) is 0 Å². The second kappa shape index (κ2) is 12.0. The van der Waals surface area contributed by atoms with Crippen molar-refractivity contribution in [2.24, 2.45) is 0 Å². The van der Waals surface area contributed by atoms with Crippen molar-refractivity contribution in [1.82, 2.24) is 4.37 Å². The largest absolute Gasteiger partial charge is 0.466 e. The Balaban J connectivity index is 1.45. The summed E-state index contributed by atoms with van der Waals surface area (Å²) in [7, 11) is 0. The van der Waals surface area contributed by atoms with E-state index in [1.807, 2.05) is 73.7 Å². The molecule has 3 aromatic carbocycles. The SMILES string of the molecule is CCOC(=O)Cc1ccc(-c2ccc(-c3snc(C)c3NC(=O)OC(C)c3ccccc3Cl)cc2)cc1. The van der Waals surface area contributed by atoms with Gasteiger partial charge in [0.2, 0.25) is 0 Å². The average Bonchev–Trinajstić information content (AvgIpc) is 3.24. The summed E-state index contributed by atoms with van der Waals surface area (Å²) in [5.74, 6) is -0.230. The van der Waals surface area contributed by atoms with E-state index < -0.39 is 12.2 Å². The van der Waals surface area contributed by atoms with Crippen LogP contribution < -0.4 is 5.32 Å². The molecule has 8 heteroatoms. The minimum Gasteiger partial charge on any atom is -0.466 e. The van der Waals surface area contributed by atoms with Crippen molar-refractivity contribution in [2.45, 2.75) is 33.3 Å². The number of aryl methyl sites for hydroxylation is 1. The van der Waals surface area contributed by atoms with Gasteiger partial charge in [0.25, 0.3) is 0 Å². The van der Waals surface area contributed by atoms with Crippen molar-refractivity contribution in [3.8, 4) is 21.6 Å². The number of esters is 1. The Morgan fingerprint density at radius 1 is 0.973 bits per heavy atom. The van der Waals surface area contributed by atoms with Gasteiger partial charge in [-0.25, -0.2) is 4.79 Å². The molecule has 1 heterocycles. The Morgan fingerprint density at radius 2 is 1.59 bits per heavy atom. The topological polar surface area (TPSA) is 77.5 Å². The first-order valence-electron chi connectivity index (χ1n) is 11.9. The van der Waals surface area contributed by atoms with E-state index in [0.29, 0.717) is 23.0 Å². The van der Waals surface area contributed by atoms with Gasteiger partial charge in [0.15, 0.2) is 0 Å². The number of halogens is 1. The van der Waals surface area contributed by atoms with Crippen LogP contribution in [0.25, 0.3) is 21.6 Å². The molecule has 6 nitrogen and oxygen atoms in total. The molecule has 1 N–H and O–H groups in total. The van der Waals surface area contributed by atoms with Gasteiger partial charge >= 0.3 is 12.1 Å². The average molecular weight is 535 g/mol. The predicted molar refractivity (Wildman–Crippen MR) is 148 cm³/mol. The van der Waals surface area contributed by atoms with Gasteiger partial charge < -0.3 is 9.47 Å². The number of anilines is 1. The summed E-state index contributed by atoms with van der Waals surface area (Å²) in [6.07, 6.45) is -0.823. The fourth-order valence-electron chi connectivity index (χ4n) is 3.88. The van der Waals surface area contributed by atoms with Crippen LogP contribution in [0.1, 0.15) is 36.8 Å². The third kappa shape index (κ3) is 6.56. The van der Waals surface area contributed by atoms with E-state index in [1.54, 1.807) is 19.9 Å². The Hall–Kier alpha value is -3.68. The zero-order valence-electron chi connectivity index (χ0n) is 20.8. The summed E-state index contributed by atoms with van der Waals surface area (Å²) < 4.78 is 15.0. The molecular weight excluding hydrogens is 508 g/mol. The summed E-state index contributed by atoms with van der Waals surface area (Å²) in [5, 5.41) is 3.41. The van der Waals surface area contributed by atoms with Crippen LogP contribution >= 0.6 is 23.1 Å². The lowest BCUT2D eigenvalue weighted by molar-refractivity contribution is -0.142. The molecular formula is C29H27ClN2O4S. The van der Waals surface area contributed by atoms with E-state index in [9.17, 15) is 9.59 Å². The molecule has 0 radical (unpaired) electrons. The molecule has 0 fully saturated rings. The highest BCUT2D eigenvalue weighted by molar-refractivity contribution is 7.10. The number of nitrogens with one attached hydrogen (secondary N) is 1. The van der Waals surface area contributed by atoms with Gasteiger partial charge in [0.05, 0.1) is 29.3 Å². The van der Waals surface area contributed by atoms with Gasteiger partial charge in [0.1, 0.15) is 6.10 Å². The van der Waals surface area contributed by atoms with Crippen LogP contribution in [0.4, 0.5) is 10.5 Å². The van der Waals surface area contributed by atoms with Gasteiger partial charge in [-0.3, -0.25) is 10.1 Å². The number of hydrogen-bond acceptors (Lipinski definition) is 6. The highest BCUT2D eigenvalue weighted by Gasteiger charge is 2.19. The molecule has 0 aliphatic carbocycles. The Morgan fingerprint density at radius 3 is 2.24 bits per heavy atom. The van der Waals surface area contributed by atoms with Crippen molar-refractivity contribution >= 4 is 40.9 Å². The molecule has 37 heavy (non-hydrogen) atoms. The van der Waals surface area contributed by atoms with Crippen molar-refractivity contribution in [3.63, 3.8) is 0 Å². The monoisotopic (exact) mass is 534 g/mol. The van der Waals surface area contributed by atoms with Crippen molar-refractivity contribution in [2.75, 3.05) is 11.9 Å². The van der Waals surface area contributed by atoms with Crippen LogP contribution in [-0.4, -0.2) is 23.0 Å². The van der Waals surface area contributed by atoms with Gasteiger partial charge in [-0.2, -0.15) is 4.37 Å². The van der Waals surface area contributed by atoms with E-state index in [4.69, 9.17) is 21.1 Å². The third-order valence-corrected chi connectivity index (χ3v) is 7.14. The Kier molecular flexibility index (Phi) is 8.58. The van der Waals surface area contributed by atoms with Crippen LogP contribution in [0.5, 0.6) is 0 Å². The van der Waals surface area contributed by atoms with Crippen LogP contribution in [0.3, 0.4) is 0 Å². The molecule has 0 spiro atoms. The normalized spacial score (nSPS) is 11.6. The maximum atomic E-state index is 12.7. The molecule has 0 bridgehead atoms. The first-order chi connectivity index (χ1) is 17.9. The zero-order valence-corrected chi connectivity index (χ0v) is 22.4. The van der Waals surface area contributed by atoms with Gasteiger partial charge in [-0.1, -0.05) is 78.3 Å². The number of rotatable bonds is 8. The fourth-order valence-corrected chi connectivity index (χ4v) is 5.02. The summed E-state index contributed by atoms with van der Waals surface area (Å²) in [6, 6.07) is 23.2. The van der Waals surface area contributed by atoms with Gasteiger partial charge in [-0.05, 0) is 60.6 Å². The number of nitrogens with zero attached hydrogens (tertiary/aromatic N) is 1. The number of aromatic nitrogens is 1. The van der Waals surface area contributed by atoms with Crippen LogP contribution in [-0.2, 0) is 20.7 Å². The standard InChI is InChI=1S/C29H27ClN2O4S/c1-4-35-26(33)17-20-9-11-21(12-10-20)22-13-15-23(16-14-22)28-27(18(2)32-37-28)31-29(34)36-19(3)24-7-5-6-8-25(24)30/h5-16,19H,4,17H2,1-3H3,(H,31,34). The summed E-state index contributed by atoms with van der Waals surface area (Å²) in [5.41, 5.74) is 5.99. The van der Waals surface area contributed by atoms with Crippen LogP contribution in [0.15, 0.2) is 72.8 Å². The molecule has 1 atom stereocenters. The number of amides is 1. The first-order valence-corrected chi connectivity index (χ1v) is 13.0. The number of carbonyl (C=O) groups excluding carboxylic acids is 2. The van der Waals surface area contributed by atoms with E-state index in [1.165, 1.54) is 11.5 Å². The molecule has 0 saturated heterocycles. The van der Waals surface area contributed by atoms with Gasteiger partial charge in [-0.15, -0.1) is 0 Å². The van der Waals surface area contributed by atoms with Crippen molar-refractivity contribution < 1.29 is 19.1 Å². The number of hydrogen-bond donors (Lipinski definition) is 1. The van der Waals surface area contributed by atoms with E-state index in [-0.39, 0.29) is 12.4 Å². The van der Waals surface area contributed by atoms with Gasteiger partial charge in [0, 0.05) is 10.6 Å². The maximum Gasteiger partial charge on any atom is 0.412 e. The molecule has 0 aliphatic heterocycles. The number of benzene rings is 3. The maximum absolute atomic E-state index is 12.7. The summed E-state index contributed by atoms with van der Waals surface area (Å²) in [6.45, 7) is 5.80. The van der Waals surface area contributed by atoms with E-state index >= 15 is 0 Å². The summed E-state index contributed by atoms with van der Waals surface area (Å²) in [4.78, 5) is 25.2. The predicted octanol–water partition coefficient (Wildman–Crippen LogP) is 7.85. The van der Waals surface area contributed by atoms with E-state index in [2.05, 4.69) is 9.69 Å². The number of carbonyl (C=O) groups is 2. The van der Waals surface area contributed by atoms with Crippen molar-refractivity contribution in [3.05, 3.63) is 94.6 Å². The lowest BCUT2D eigenvalue weighted by atomic mass is 10.0. The molecule has 1 aromatic heterocycles. The minimum absolute atomic E-state index is 0.230. The molecule has 190 valence electrons. The second-order valence-electron chi connectivity index (χ2n) is 8.42. The Labute approximate surface area is 225 Å². The van der Waals surface area contributed by atoms with Crippen LogP contribution in [0, 0.1) is 6.92 Å². The highest BCUT2D eigenvalue weighted by Crippen LogP contribution is 2.36. The second-order valence-corrected chi connectivity index (χ2v) is 9.60.